The summed E-state index contributed by atoms with van der Waals surface area (Å²) in [6, 6.07) is 3.73. The van der Waals surface area contributed by atoms with Gasteiger partial charge in [-0.05, 0) is 18.1 Å². The highest BCUT2D eigenvalue weighted by molar-refractivity contribution is 14.0. The number of carbonyl (C=O) groups excluding carboxylic acids is 1. The third kappa shape index (κ3) is 9.60. The number of amides is 1. The summed E-state index contributed by atoms with van der Waals surface area (Å²) in [5.41, 5.74) is 1.11. The summed E-state index contributed by atoms with van der Waals surface area (Å²) in [6.45, 7) is 5.67. The fourth-order valence-corrected chi connectivity index (χ4v) is 1.78. The predicted octanol–water partition coefficient (Wildman–Crippen LogP) is 1.83. The minimum absolute atomic E-state index is 0. The van der Waals surface area contributed by atoms with Crippen molar-refractivity contribution in [3.8, 4) is 0 Å². The number of hydrogen-bond acceptors (Lipinski definition) is 3. The van der Waals surface area contributed by atoms with Gasteiger partial charge in [-0.2, -0.15) is 0 Å². The molecule has 1 aromatic heterocycles. The van der Waals surface area contributed by atoms with Crippen LogP contribution in [0.1, 0.15) is 19.4 Å². The van der Waals surface area contributed by atoms with Gasteiger partial charge in [0, 0.05) is 38.8 Å². The molecule has 1 rings (SSSR count). The molecule has 0 radical (unpaired) electrons. The number of halogens is 2. The van der Waals surface area contributed by atoms with Crippen molar-refractivity contribution in [1.82, 2.24) is 20.9 Å². The van der Waals surface area contributed by atoms with Gasteiger partial charge in [-0.25, -0.2) is 4.98 Å². The van der Waals surface area contributed by atoms with E-state index in [-0.39, 0.29) is 35.8 Å². The molecule has 0 saturated carbocycles. The van der Waals surface area contributed by atoms with Crippen LogP contribution in [0.15, 0.2) is 23.3 Å². The summed E-state index contributed by atoms with van der Waals surface area (Å²) < 4.78 is 0. The molecular weight excluding hydrogens is 429 g/mol. The Balaban J connectivity index is 0.00000484. The number of rotatable bonds is 7. The Kier molecular flexibility index (Phi) is 11.8. The van der Waals surface area contributed by atoms with Crippen molar-refractivity contribution >= 4 is 47.4 Å². The fraction of sp³-hybridized carbons (Fsp3) is 0.533. The van der Waals surface area contributed by atoms with Crippen LogP contribution in [0.2, 0.25) is 5.15 Å². The van der Waals surface area contributed by atoms with E-state index >= 15 is 0 Å². The summed E-state index contributed by atoms with van der Waals surface area (Å²) in [6.07, 6.45) is 2.59. The SMILES string of the molecule is CN=C(NCCNC(=O)C(C)C)NCCc1ccc(Cl)nc1.I. The first-order chi connectivity index (χ1) is 10.5. The van der Waals surface area contributed by atoms with Gasteiger partial charge in [0.25, 0.3) is 0 Å². The van der Waals surface area contributed by atoms with Gasteiger partial charge < -0.3 is 16.0 Å². The minimum atomic E-state index is 0. The Morgan fingerprint density at radius 2 is 1.87 bits per heavy atom. The van der Waals surface area contributed by atoms with Crippen LogP contribution < -0.4 is 16.0 Å². The topological polar surface area (TPSA) is 78.4 Å². The molecule has 0 atom stereocenters. The Bertz CT molecular complexity index is 493. The zero-order valence-corrected chi connectivity index (χ0v) is 16.8. The van der Waals surface area contributed by atoms with E-state index in [1.165, 1.54) is 0 Å². The van der Waals surface area contributed by atoms with Crippen LogP contribution in [0.4, 0.5) is 0 Å². The number of hydrogen-bond donors (Lipinski definition) is 3. The zero-order valence-electron chi connectivity index (χ0n) is 13.7. The van der Waals surface area contributed by atoms with Gasteiger partial charge in [0.05, 0.1) is 0 Å². The van der Waals surface area contributed by atoms with E-state index in [2.05, 4.69) is 25.9 Å². The largest absolute Gasteiger partial charge is 0.356 e. The molecule has 3 N–H and O–H groups in total. The lowest BCUT2D eigenvalue weighted by molar-refractivity contribution is -0.123. The third-order valence-electron chi connectivity index (χ3n) is 2.96. The maximum atomic E-state index is 11.4. The molecule has 0 unspecified atom stereocenters. The average Bonchev–Trinajstić information content (AvgIpc) is 2.51. The minimum Gasteiger partial charge on any atom is -0.356 e. The van der Waals surface area contributed by atoms with Crippen LogP contribution in [0.5, 0.6) is 0 Å². The number of guanidine groups is 1. The first-order valence-corrected chi connectivity index (χ1v) is 7.73. The molecule has 0 aliphatic carbocycles. The van der Waals surface area contributed by atoms with Crippen molar-refractivity contribution in [1.29, 1.82) is 0 Å². The molecule has 1 heterocycles. The maximum absolute atomic E-state index is 11.4. The quantitative estimate of drug-likeness (QED) is 0.194. The molecule has 0 aliphatic heterocycles. The standard InChI is InChI=1S/C15H24ClN5O.HI/c1-11(2)14(22)18-8-9-20-15(17-3)19-7-6-12-4-5-13(16)21-10-12;/h4-5,10-11H,6-9H2,1-3H3,(H,18,22)(H2,17,19,20);1H. The van der Waals surface area contributed by atoms with Gasteiger partial charge in [-0.1, -0.05) is 31.5 Å². The molecular formula is C15H25ClIN5O. The summed E-state index contributed by atoms with van der Waals surface area (Å²) in [4.78, 5) is 19.6. The van der Waals surface area contributed by atoms with Crippen LogP contribution in [0.3, 0.4) is 0 Å². The van der Waals surface area contributed by atoms with Gasteiger partial charge in [0.2, 0.25) is 5.91 Å². The fourth-order valence-electron chi connectivity index (χ4n) is 1.67. The molecule has 0 aliphatic rings. The molecule has 1 amide bonds. The number of pyridine rings is 1. The number of aliphatic imine (C=N–C) groups is 1. The first kappa shape index (κ1) is 21.9. The molecule has 0 aromatic carbocycles. The second-order valence-corrected chi connectivity index (χ2v) is 5.50. The van der Waals surface area contributed by atoms with E-state index in [9.17, 15) is 4.79 Å². The second-order valence-electron chi connectivity index (χ2n) is 5.11. The lowest BCUT2D eigenvalue weighted by atomic mass is 10.2. The second kappa shape index (κ2) is 12.3. The predicted molar refractivity (Wildman–Crippen MR) is 106 cm³/mol. The van der Waals surface area contributed by atoms with Crippen LogP contribution in [0, 0.1) is 5.92 Å². The van der Waals surface area contributed by atoms with Crippen LogP contribution in [0.25, 0.3) is 0 Å². The van der Waals surface area contributed by atoms with Crippen molar-refractivity contribution in [2.45, 2.75) is 20.3 Å². The Morgan fingerprint density at radius 1 is 1.22 bits per heavy atom. The van der Waals surface area contributed by atoms with Gasteiger partial charge in [0.15, 0.2) is 5.96 Å². The lowest BCUT2D eigenvalue weighted by Gasteiger charge is -2.13. The van der Waals surface area contributed by atoms with Gasteiger partial charge in [0.1, 0.15) is 5.15 Å². The summed E-state index contributed by atoms with van der Waals surface area (Å²) in [7, 11) is 1.71. The molecule has 8 heteroatoms. The highest BCUT2D eigenvalue weighted by atomic mass is 127. The lowest BCUT2D eigenvalue weighted by Crippen LogP contribution is -2.42. The smallest absolute Gasteiger partial charge is 0.222 e. The van der Waals surface area contributed by atoms with Crippen LogP contribution in [-0.2, 0) is 11.2 Å². The molecule has 6 nitrogen and oxygen atoms in total. The molecule has 0 saturated heterocycles. The van der Waals surface area contributed by atoms with E-state index in [0.717, 1.165) is 18.5 Å². The maximum Gasteiger partial charge on any atom is 0.222 e. The summed E-state index contributed by atoms with van der Waals surface area (Å²) in [5, 5.41) is 9.70. The highest BCUT2D eigenvalue weighted by Crippen LogP contribution is 2.05. The molecule has 0 bridgehead atoms. The van der Waals surface area contributed by atoms with Crippen LogP contribution in [-0.4, -0.2) is 43.5 Å². The van der Waals surface area contributed by atoms with Gasteiger partial charge >= 0.3 is 0 Å². The van der Waals surface area contributed by atoms with E-state index in [4.69, 9.17) is 11.6 Å². The van der Waals surface area contributed by atoms with Crippen LogP contribution >= 0.6 is 35.6 Å². The van der Waals surface area contributed by atoms with E-state index in [1.807, 2.05) is 19.9 Å². The number of aromatic nitrogens is 1. The van der Waals surface area contributed by atoms with E-state index in [1.54, 1.807) is 19.3 Å². The van der Waals surface area contributed by atoms with Crippen molar-refractivity contribution in [3.05, 3.63) is 29.0 Å². The Labute approximate surface area is 159 Å². The van der Waals surface area contributed by atoms with E-state index < -0.39 is 0 Å². The van der Waals surface area contributed by atoms with Crippen molar-refractivity contribution in [3.63, 3.8) is 0 Å². The van der Waals surface area contributed by atoms with Gasteiger partial charge in [-0.15, -0.1) is 24.0 Å². The summed E-state index contributed by atoms with van der Waals surface area (Å²) >= 11 is 5.75. The Hall–Kier alpha value is -1.09. The molecule has 1 aromatic rings. The van der Waals surface area contributed by atoms with Gasteiger partial charge in [-0.3, -0.25) is 9.79 Å². The number of carbonyl (C=O) groups is 1. The molecule has 0 spiro atoms. The monoisotopic (exact) mass is 453 g/mol. The normalized spacial score (nSPS) is 10.9. The van der Waals surface area contributed by atoms with E-state index in [0.29, 0.717) is 24.2 Å². The number of nitrogens with zero attached hydrogens (tertiary/aromatic N) is 2. The summed E-state index contributed by atoms with van der Waals surface area (Å²) in [5.74, 6) is 0.770. The van der Waals surface area contributed by atoms with Crippen molar-refractivity contribution in [2.24, 2.45) is 10.9 Å². The molecule has 130 valence electrons. The highest BCUT2D eigenvalue weighted by Gasteiger charge is 2.05. The molecule has 23 heavy (non-hydrogen) atoms. The molecule has 0 fully saturated rings. The first-order valence-electron chi connectivity index (χ1n) is 7.35. The number of nitrogens with one attached hydrogen (secondary N) is 3. The third-order valence-corrected chi connectivity index (χ3v) is 3.18. The zero-order chi connectivity index (χ0) is 16.4. The van der Waals surface area contributed by atoms with Crippen molar-refractivity contribution < 1.29 is 4.79 Å². The van der Waals surface area contributed by atoms with Crippen molar-refractivity contribution in [2.75, 3.05) is 26.7 Å². The Morgan fingerprint density at radius 3 is 2.43 bits per heavy atom. The average molecular weight is 454 g/mol.